The van der Waals surface area contributed by atoms with Crippen LogP contribution in [0.5, 0.6) is 11.5 Å². The highest BCUT2D eigenvalue weighted by Crippen LogP contribution is 2.32. The van der Waals surface area contributed by atoms with Crippen molar-refractivity contribution in [1.82, 2.24) is 5.32 Å². The van der Waals surface area contributed by atoms with Gasteiger partial charge in [-0.1, -0.05) is 30.3 Å². The molecule has 0 saturated carbocycles. The number of benzene rings is 2. The molecule has 3 nitrogen and oxygen atoms in total. The minimum absolute atomic E-state index is 0.230. The third-order valence-electron chi connectivity index (χ3n) is 4.22. The van der Waals surface area contributed by atoms with Crippen LogP contribution < -0.4 is 14.8 Å². The lowest BCUT2D eigenvalue weighted by Crippen LogP contribution is -2.57. The van der Waals surface area contributed by atoms with Crippen molar-refractivity contribution < 1.29 is 9.47 Å². The maximum Gasteiger partial charge on any atom is 0.119 e. The predicted molar refractivity (Wildman–Crippen MR) is 84.1 cm³/mol. The van der Waals surface area contributed by atoms with E-state index in [1.54, 1.807) is 7.11 Å². The van der Waals surface area contributed by atoms with Gasteiger partial charge in [-0.05, 0) is 36.2 Å². The summed E-state index contributed by atoms with van der Waals surface area (Å²) in [5.74, 6) is 1.75. The Hall–Kier alpha value is -2.00. The van der Waals surface area contributed by atoms with Crippen molar-refractivity contribution in [2.24, 2.45) is 0 Å². The predicted octanol–water partition coefficient (Wildman–Crippen LogP) is 3.01. The highest BCUT2D eigenvalue weighted by Gasteiger charge is 2.38. The zero-order valence-electron chi connectivity index (χ0n) is 12.3. The van der Waals surface area contributed by atoms with Gasteiger partial charge in [-0.15, -0.1) is 0 Å². The molecule has 1 N–H and O–H groups in total. The smallest absolute Gasteiger partial charge is 0.119 e. The van der Waals surface area contributed by atoms with Gasteiger partial charge in [-0.25, -0.2) is 0 Å². The van der Waals surface area contributed by atoms with E-state index in [1.807, 2.05) is 24.3 Å². The van der Waals surface area contributed by atoms with Gasteiger partial charge < -0.3 is 14.8 Å². The SMILES string of the molecule is COc1ccc(OCCC2(c3ccccc3)CNC2)cc1. The van der Waals surface area contributed by atoms with Crippen LogP contribution in [0, 0.1) is 0 Å². The van der Waals surface area contributed by atoms with Gasteiger partial charge in [-0.3, -0.25) is 0 Å². The Morgan fingerprint density at radius 1 is 0.952 bits per heavy atom. The van der Waals surface area contributed by atoms with Gasteiger partial charge in [0, 0.05) is 18.5 Å². The number of hydrogen-bond donors (Lipinski definition) is 1. The van der Waals surface area contributed by atoms with Crippen LogP contribution in [0.15, 0.2) is 54.6 Å². The Morgan fingerprint density at radius 3 is 2.19 bits per heavy atom. The van der Waals surface area contributed by atoms with Gasteiger partial charge in [0.05, 0.1) is 13.7 Å². The average Bonchev–Trinajstić information content (AvgIpc) is 2.51. The fourth-order valence-corrected chi connectivity index (χ4v) is 2.78. The molecule has 0 bridgehead atoms. The second kappa shape index (κ2) is 6.19. The molecule has 110 valence electrons. The normalized spacial score (nSPS) is 16.0. The zero-order valence-corrected chi connectivity index (χ0v) is 12.3. The van der Waals surface area contributed by atoms with Gasteiger partial charge in [0.2, 0.25) is 0 Å². The molecule has 1 fully saturated rings. The minimum Gasteiger partial charge on any atom is -0.497 e. The van der Waals surface area contributed by atoms with Crippen molar-refractivity contribution in [3.8, 4) is 11.5 Å². The molecule has 0 aromatic heterocycles. The standard InChI is InChI=1S/C18H21NO2/c1-20-16-7-9-17(10-8-16)21-12-11-18(13-19-14-18)15-5-3-2-4-6-15/h2-10,19H,11-14H2,1H3. The molecule has 2 aromatic rings. The van der Waals surface area contributed by atoms with Crippen LogP contribution in [-0.2, 0) is 5.41 Å². The van der Waals surface area contributed by atoms with Gasteiger partial charge in [0.15, 0.2) is 0 Å². The average molecular weight is 283 g/mol. The Kier molecular flexibility index (Phi) is 4.11. The molecule has 3 rings (SSSR count). The summed E-state index contributed by atoms with van der Waals surface area (Å²) in [7, 11) is 1.67. The van der Waals surface area contributed by atoms with Crippen molar-refractivity contribution in [3.05, 3.63) is 60.2 Å². The van der Waals surface area contributed by atoms with E-state index in [-0.39, 0.29) is 5.41 Å². The monoisotopic (exact) mass is 283 g/mol. The lowest BCUT2D eigenvalue weighted by Gasteiger charge is -2.43. The fraction of sp³-hybridized carbons (Fsp3) is 0.333. The topological polar surface area (TPSA) is 30.5 Å². The first-order valence-electron chi connectivity index (χ1n) is 7.35. The Bertz CT molecular complexity index is 562. The van der Waals surface area contributed by atoms with Crippen LogP contribution >= 0.6 is 0 Å². The van der Waals surface area contributed by atoms with Crippen molar-refractivity contribution in [2.45, 2.75) is 11.8 Å². The molecule has 0 radical (unpaired) electrons. The third kappa shape index (κ3) is 3.03. The second-order valence-electron chi connectivity index (χ2n) is 5.52. The number of hydrogen-bond acceptors (Lipinski definition) is 3. The molecule has 2 aromatic carbocycles. The largest absolute Gasteiger partial charge is 0.497 e. The van der Waals surface area contributed by atoms with Crippen molar-refractivity contribution >= 4 is 0 Å². The number of rotatable bonds is 6. The molecule has 1 saturated heterocycles. The first-order valence-corrected chi connectivity index (χ1v) is 7.35. The third-order valence-corrected chi connectivity index (χ3v) is 4.22. The summed E-state index contributed by atoms with van der Waals surface area (Å²) in [6.07, 6.45) is 1.02. The highest BCUT2D eigenvalue weighted by atomic mass is 16.5. The summed E-state index contributed by atoms with van der Waals surface area (Å²) >= 11 is 0. The number of methoxy groups -OCH3 is 1. The first-order chi connectivity index (χ1) is 10.3. The maximum absolute atomic E-state index is 5.88. The minimum atomic E-state index is 0.230. The zero-order chi connectivity index (χ0) is 14.5. The van der Waals surface area contributed by atoms with E-state index in [0.29, 0.717) is 0 Å². The molecule has 3 heteroatoms. The molecule has 1 aliphatic heterocycles. The van der Waals surface area contributed by atoms with E-state index >= 15 is 0 Å². The number of ether oxygens (including phenoxy) is 2. The van der Waals surface area contributed by atoms with Crippen LogP contribution in [0.3, 0.4) is 0 Å². The van der Waals surface area contributed by atoms with Gasteiger partial charge in [-0.2, -0.15) is 0 Å². The molecule has 1 heterocycles. The quantitative estimate of drug-likeness (QED) is 0.884. The van der Waals surface area contributed by atoms with E-state index in [2.05, 4.69) is 35.6 Å². The first kappa shape index (κ1) is 14.0. The second-order valence-corrected chi connectivity index (χ2v) is 5.52. The van der Waals surface area contributed by atoms with Gasteiger partial charge >= 0.3 is 0 Å². The molecule has 0 unspecified atom stereocenters. The van der Waals surface area contributed by atoms with E-state index in [0.717, 1.165) is 37.6 Å². The maximum atomic E-state index is 5.88. The summed E-state index contributed by atoms with van der Waals surface area (Å²) in [6.45, 7) is 2.79. The van der Waals surface area contributed by atoms with Crippen LogP contribution in [0.1, 0.15) is 12.0 Å². The van der Waals surface area contributed by atoms with Crippen molar-refractivity contribution in [3.63, 3.8) is 0 Å². The van der Waals surface area contributed by atoms with E-state index in [9.17, 15) is 0 Å². The fourth-order valence-electron chi connectivity index (χ4n) is 2.78. The van der Waals surface area contributed by atoms with Crippen molar-refractivity contribution in [1.29, 1.82) is 0 Å². The Morgan fingerprint density at radius 2 is 1.62 bits per heavy atom. The molecule has 0 aliphatic carbocycles. The number of nitrogens with one attached hydrogen (secondary N) is 1. The Balaban J connectivity index is 1.58. The lowest BCUT2D eigenvalue weighted by molar-refractivity contribution is 0.199. The highest BCUT2D eigenvalue weighted by molar-refractivity contribution is 5.32. The van der Waals surface area contributed by atoms with Gasteiger partial charge in [0.25, 0.3) is 0 Å². The molecule has 1 aliphatic rings. The van der Waals surface area contributed by atoms with E-state index in [1.165, 1.54) is 5.56 Å². The van der Waals surface area contributed by atoms with Gasteiger partial charge in [0.1, 0.15) is 11.5 Å². The van der Waals surface area contributed by atoms with E-state index in [4.69, 9.17) is 9.47 Å². The molecular weight excluding hydrogens is 262 g/mol. The van der Waals surface area contributed by atoms with E-state index < -0.39 is 0 Å². The molecular formula is C18H21NO2. The summed E-state index contributed by atoms with van der Waals surface area (Å²) < 4.78 is 11.0. The van der Waals surface area contributed by atoms with Crippen molar-refractivity contribution in [2.75, 3.05) is 26.8 Å². The lowest BCUT2D eigenvalue weighted by atomic mass is 9.73. The van der Waals surface area contributed by atoms with Crippen LogP contribution in [0.4, 0.5) is 0 Å². The summed E-state index contributed by atoms with van der Waals surface area (Å²) in [5.41, 5.74) is 1.63. The van der Waals surface area contributed by atoms with Crippen LogP contribution in [0.2, 0.25) is 0 Å². The molecule has 0 amide bonds. The summed E-state index contributed by atoms with van der Waals surface area (Å²) in [5, 5.41) is 3.39. The van der Waals surface area contributed by atoms with Crippen LogP contribution in [-0.4, -0.2) is 26.8 Å². The molecule has 0 spiro atoms. The summed E-state index contributed by atoms with van der Waals surface area (Å²) in [6, 6.07) is 18.5. The van der Waals surface area contributed by atoms with Crippen LogP contribution in [0.25, 0.3) is 0 Å². The molecule has 21 heavy (non-hydrogen) atoms. The summed E-state index contributed by atoms with van der Waals surface area (Å²) in [4.78, 5) is 0. The Labute approximate surface area is 125 Å². The molecule has 0 atom stereocenters.